The summed E-state index contributed by atoms with van der Waals surface area (Å²) >= 11 is 0. The Morgan fingerprint density at radius 2 is 1.64 bits per heavy atom. The molecule has 7 nitrogen and oxygen atoms in total. The van der Waals surface area contributed by atoms with Crippen molar-refractivity contribution in [2.45, 2.75) is 6.54 Å². The SMILES string of the molecule is COc1ccccc1-c1cc2c(-c3ccccc3CN)ccc(C(N)=O)c2[nH]1.O=C1C=CN1. The summed E-state index contributed by atoms with van der Waals surface area (Å²) in [6.45, 7) is 0.430. The van der Waals surface area contributed by atoms with Gasteiger partial charge in [0, 0.05) is 29.8 Å². The van der Waals surface area contributed by atoms with E-state index in [0.29, 0.717) is 17.6 Å². The normalized spacial score (nSPS) is 11.9. The Labute approximate surface area is 191 Å². The zero-order chi connectivity index (χ0) is 23.4. The number of amides is 2. The second kappa shape index (κ2) is 9.42. The molecule has 4 aromatic rings. The number of H-pyrrole nitrogens is 1. The molecule has 2 amide bonds. The van der Waals surface area contributed by atoms with Crippen LogP contribution in [0.15, 0.2) is 79.0 Å². The van der Waals surface area contributed by atoms with E-state index in [0.717, 1.165) is 39.1 Å². The topological polar surface area (TPSA) is 123 Å². The fourth-order valence-electron chi connectivity index (χ4n) is 3.78. The molecule has 5 rings (SSSR count). The van der Waals surface area contributed by atoms with Crippen LogP contribution in [0.25, 0.3) is 33.3 Å². The molecule has 166 valence electrons. The molecule has 0 fully saturated rings. The smallest absolute Gasteiger partial charge is 0.250 e. The Morgan fingerprint density at radius 3 is 2.24 bits per heavy atom. The number of para-hydroxylation sites is 1. The summed E-state index contributed by atoms with van der Waals surface area (Å²) in [5.41, 5.74) is 17.6. The van der Waals surface area contributed by atoms with E-state index in [1.54, 1.807) is 19.4 Å². The molecule has 0 spiro atoms. The molecular formula is C26H24N4O3. The number of nitrogens with two attached hydrogens (primary N) is 2. The summed E-state index contributed by atoms with van der Waals surface area (Å²) in [7, 11) is 1.64. The van der Waals surface area contributed by atoms with Crippen molar-refractivity contribution in [1.29, 1.82) is 0 Å². The highest BCUT2D eigenvalue weighted by atomic mass is 16.5. The van der Waals surface area contributed by atoms with Crippen molar-refractivity contribution >= 4 is 22.7 Å². The van der Waals surface area contributed by atoms with Gasteiger partial charge in [0.15, 0.2) is 0 Å². The van der Waals surface area contributed by atoms with E-state index in [-0.39, 0.29) is 5.91 Å². The first-order chi connectivity index (χ1) is 16.0. The zero-order valence-corrected chi connectivity index (χ0v) is 18.1. The number of benzene rings is 3. The van der Waals surface area contributed by atoms with Crippen molar-refractivity contribution in [2.75, 3.05) is 7.11 Å². The predicted molar refractivity (Wildman–Crippen MR) is 129 cm³/mol. The number of carbonyl (C=O) groups excluding carboxylic acids is 2. The van der Waals surface area contributed by atoms with Crippen molar-refractivity contribution < 1.29 is 14.3 Å². The fraction of sp³-hybridized carbons (Fsp3) is 0.0769. The molecule has 0 unspecified atom stereocenters. The second-order valence-corrected chi connectivity index (χ2v) is 7.40. The summed E-state index contributed by atoms with van der Waals surface area (Å²) < 4.78 is 5.50. The summed E-state index contributed by atoms with van der Waals surface area (Å²) in [6, 6.07) is 21.5. The van der Waals surface area contributed by atoms with Gasteiger partial charge >= 0.3 is 0 Å². The van der Waals surface area contributed by atoms with Crippen LogP contribution >= 0.6 is 0 Å². The summed E-state index contributed by atoms with van der Waals surface area (Å²) in [6.07, 6.45) is 3.07. The number of hydrogen-bond donors (Lipinski definition) is 4. The molecule has 7 heteroatoms. The number of ether oxygens (including phenoxy) is 1. The van der Waals surface area contributed by atoms with Crippen molar-refractivity contribution in [2.24, 2.45) is 11.5 Å². The summed E-state index contributed by atoms with van der Waals surface area (Å²) in [5.74, 6) is 0.278. The number of carbonyl (C=O) groups is 2. The molecule has 0 radical (unpaired) electrons. The lowest BCUT2D eigenvalue weighted by molar-refractivity contribution is -0.117. The highest BCUT2D eigenvalue weighted by molar-refractivity contribution is 6.10. The lowest BCUT2D eigenvalue weighted by Gasteiger charge is -2.10. The predicted octanol–water partition coefficient (Wildman–Crippen LogP) is 3.70. The minimum absolute atomic E-state index is 0.00463. The van der Waals surface area contributed by atoms with Crippen molar-refractivity contribution in [3.05, 3.63) is 90.1 Å². The van der Waals surface area contributed by atoms with Gasteiger partial charge < -0.3 is 26.5 Å². The number of aromatic amines is 1. The molecule has 0 atom stereocenters. The molecular weight excluding hydrogens is 416 g/mol. The van der Waals surface area contributed by atoms with Crippen LogP contribution in [0.1, 0.15) is 15.9 Å². The number of methoxy groups -OCH3 is 1. The molecule has 33 heavy (non-hydrogen) atoms. The number of aromatic nitrogens is 1. The van der Waals surface area contributed by atoms with Crippen LogP contribution in [-0.4, -0.2) is 23.9 Å². The maximum absolute atomic E-state index is 12.0. The van der Waals surface area contributed by atoms with Gasteiger partial charge in [0.1, 0.15) is 5.75 Å². The monoisotopic (exact) mass is 440 g/mol. The number of primary amides is 1. The number of rotatable bonds is 5. The van der Waals surface area contributed by atoms with Crippen molar-refractivity contribution in [3.63, 3.8) is 0 Å². The van der Waals surface area contributed by atoms with Crippen LogP contribution in [-0.2, 0) is 11.3 Å². The van der Waals surface area contributed by atoms with Crippen LogP contribution in [0.4, 0.5) is 0 Å². The molecule has 2 heterocycles. The first-order valence-corrected chi connectivity index (χ1v) is 10.4. The maximum Gasteiger partial charge on any atom is 0.250 e. The molecule has 0 saturated carbocycles. The third-order valence-corrected chi connectivity index (χ3v) is 5.44. The summed E-state index contributed by atoms with van der Waals surface area (Å²) in [4.78, 5) is 25.1. The van der Waals surface area contributed by atoms with E-state index >= 15 is 0 Å². The average molecular weight is 441 g/mol. The van der Waals surface area contributed by atoms with Crippen molar-refractivity contribution in [3.8, 4) is 28.1 Å². The van der Waals surface area contributed by atoms with Gasteiger partial charge in [-0.2, -0.15) is 0 Å². The van der Waals surface area contributed by atoms with Gasteiger partial charge in [-0.25, -0.2) is 0 Å². The van der Waals surface area contributed by atoms with E-state index < -0.39 is 5.91 Å². The summed E-state index contributed by atoms with van der Waals surface area (Å²) in [5, 5.41) is 3.30. The van der Waals surface area contributed by atoms with Crippen LogP contribution < -0.4 is 21.5 Å². The van der Waals surface area contributed by atoms with Gasteiger partial charge in [-0.1, -0.05) is 42.5 Å². The number of fused-ring (bicyclic) bond motifs is 1. The Morgan fingerprint density at radius 1 is 0.970 bits per heavy atom. The van der Waals surface area contributed by atoms with Gasteiger partial charge in [0.2, 0.25) is 5.91 Å². The third kappa shape index (κ3) is 4.35. The lowest BCUT2D eigenvalue weighted by Crippen LogP contribution is -2.22. The minimum Gasteiger partial charge on any atom is -0.496 e. The van der Waals surface area contributed by atoms with Crippen molar-refractivity contribution in [1.82, 2.24) is 10.3 Å². The lowest BCUT2D eigenvalue weighted by atomic mass is 9.95. The average Bonchev–Trinajstić information content (AvgIpc) is 3.27. The number of hydrogen-bond acceptors (Lipinski definition) is 4. The van der Waals surface area contributed by atoms with E-state index in [1.807, 2.05) is 60.7 Å². The molecule has 1 aliphatic heterocycles. The molecule has 6 N–H and O–H groups in total. The minimum atomic E-state index is -0.475. The first-order valence-electron chi connectivity index (χ1n) is 10.4. The van der Waals surface area contributed by atoms with Crippen LogP contribution in [0, 0.1) is 0 Å². The Balaban J connectivity index is 0.000000459. The zero-order valence-electron chi connectivity index (χ0n) is 18.1. The molecule has 0 bridgehead atoms. The quantitative estimate of drug-likeness (QED) is 0.378. The van der Waals surface area contributed by atoms with Crippen LogP contribution in [0.2, 0.25) is 0 Å². The van der Waals surface area contributed by atoms with Gasteiger partial charge in [0.05, 0.1) is 23.9 Å². The van der Waals surface area contributed by atoms with Gasteiger partial charge in [-0.05, 0) is 41.0 Å². The van der Waals surface area contributed by atoms with Crippen LogP contribution in [0.5, 0.6) is 5.75 Å². The molecule has 3 aromatic carbocycles. The van der Waals surface area contributed by atoms with E-state index in [9.17, 15) is 9.59 Å². The van der Waals surface area contributed by atoms with Gasteiger partial charge in [-0.3, -0.25) is 9.59 Å². The Bertz CT molecular complexity index is 1370. The fourth-order valence-corrected chi connectivity index (χ4v) is 3.78. The van der Waals surface area contributed by atoms with E-state index in [1.165, 1.54) is 6.08 Å². The Kier molecular flexibility index (Phi) is 6.24. The molecule has 1 aliphatic rings. The highest BCUT2D eigenvalue weighted by Gasteiger charge is 2.17. The van der Waals surface area contributed by atoms with Crippen LogP contribution in [0.3, 0.4) is 0 Å². The van der Waals surface area contributed by atoms with Gasteiger partial charge in [-0.15, -0.1) is 0 Å². The molecule has 0 saturated heterocycles. The molecule has 0 aliphatic carbocycles. The standard InChI is InChI=1S/C23H21N3O2.C3H3NO/c1-28-21-9-5-4-8-17(21)20-12-19-16(15-7-3-2-6-14(15)13-24)10-11-18(23(25)27)22(19)26-20;5-3-1-2-4-3/h2-12,26H,13,24H2,1H3,(H2,25,27);1-2H,(H,4,5). The number of nitrogens with one attached hydrogen (secondary N) is 2. The van der Waals surface area contributed by atoms with Gasteiger partial charge in [0.25, 0.3) is 5.91 Å². The Hall–Kier alpha value is -4.36. The second-order valence-electron chi connectivity index (χ2n) is 7.40. The first kappa shape index (κ1) is 21.9. The largest absolute Gasteiger partial charge is 0.496 e. The maximum atomic E-state index is 12.0. The third-order valence-electron chi connectivity index (χ3n) is 5.44. The van der Waals surface area contributed by atoms with E-state index in [2.05, 4.69) is 10.3 Å². The highest BCUT2D eigenvalue weighted by Crippen LogP contribution is 2.37. The molecule has 1 aromatic heterocycles. The van der Waals surface area contributed by atoms with E-state index in [4.69, 9.17) is 16.2 Å².